The SMILES string of the molecule is CC[C@H]1OC(=O)[C@H](C)[C@H]2OCC(=O)CNC(=O)O[C@](C)(C[C@@H](C)C(=O)[C@H](C)[C@@H]3NC(=O)O[C@]13C)[C@H](O[C@@H]1O[C@H](C)C[C@H](N(C)C)[C@H]1O)[C@H]2C. The minimum Gasteiger partial charge on any atom is -0.458 e. The molecule has 0 unspecified atom stereocenters. The second-order valence-corrected chi connectivity index (χ2v) is 15.0. The summed E-state index contributed by atoms with van der Waals surface area (Å²) >= 11 is 0. The van der Waals surface area contributed by atoms with Crippen molar-refractivity contribution in [3.05, 3.63) is 0 Å². The van der Waals surface area contributed by atoms with E-state index in [1.54, 1.807) is 48.5 Å². The average molecular weight is 698 g/mol. The van der Waals surface area contributed by atoms with Crippen LogP contribution in [-0.2, 0) is 42.8 Å². The van der Waals surface area contributed by atoms with Gasteiger partial charge in [-0.3, -0.25) is 14.4 Å². The normalized spacial score (nSPS) is 44.4. The predicted octanol–water partition coefficient (Wildman–Crippen LogP) is 1.96. The Balaban J connectivity index is 1.89. The highest BCUT2D eigenvalue weighted by Gasteiger charge is 2.58. The third kappa shape index (κ3) is 8.06. The monoisotopic (exact) mass is 697 g/mol. The molecule has 0 saturated carbocycles. The Morgan fingerprint density at radius 2 is 1.65 bits per heavy atom. The summed E-state index contributed by atoms with van der Waals surface area (Å²) in [5, 5.41) is 16.7. The van der Waals surface area contributed by atoms with Gasteiger partial charge >= 0.3 is 18.2 Å². The Hall–Kier alpha value is -2.85. The molecule has 4 aliphatic heterocycles. The molecule has 0 aromatic rings. The van der Waals surface area contributed by atoms with E-state index in [1.807, 2.05) is 25.9 Å². The molecule has 15 heteroatoms. The number of alkyl carbamates (subject to hydrolysis) is 2. The quantitative estimate of drug-likeness (QED) is 0.286. The lowest BCUT2D eigenvalue weighted by Gasteiger charge is -2.48. The molecule has 49 heavy (non-hydrogen) atoms. The van der Waals surface area contributed by atoms with Crippen LogP contribution in [0.5, 0.6) is 0 Å². The van der Waals surface area contributed by atoms with Crippen LogP contribution in [0, 0.1) is 23.7 Å². The Labute approximate surface area is 288 Å². The number of cyclic esters (lactones) is 1. The molecule has 2 bridgehead atoms. The number of likely N-dealkylation sites (N-methyl/N-ethyl adjacent to an activating group) is 1. The second kappa shape index (κ2) is 15.2. The Morgan fingerprint density at radius 1 is 0.980 bits per heavy atom. The van der Waals surface area contributed by atoms with E-state index in [2.05, 4.69) is 10.6 Å². The van der Waals surface area contributed by atoms with Crippen molar-refractivity contribution in [2.24, 2.45) is 23.7 Å². The third-order valence-corrected chi connectivity index (χ3v) is 10.8. The van der Waals surface area contributed by atoms with Crippen molar-refractivity contribution < 1.29 is 57.5 Å². The standard InChI is InChI=1S/C34H55N3O12/c1-11-23-34(8)27(36-32(43)49-34)18(4)24(39)16(2)13-33(7)28(47-30-25(40)22(37(9)10)12-17(3)45-30)19(5)26(20(6)29(41)46-23)44-15-21(38)14-35-31(42)48-33/h16-20,22-23,25-28,30,40H,11-15H2,1-10H3,(H,35,42)(H,36,43)/t16-,17-,18+,19+,20-,22+,23-,25-,26+,27+,28-,30+,33-,34-/m1/s1. The number of carbonyl (C=O) groups excluding carboxylic acids is 5. The molecule has 0 aromatic heterocycles. The van der Waals surface area contributed by atoms with Gasteiger partial charge in [-0.2, -0.15) is 0 Å². The number of ketones is 2. The Morgan fingerprint density at radius 3 is 2.29 bits per heavy atom. The van der Waals surface area contributed by atoms with Crippen molar-refractivity contribution in [2.45, 2.75) is 135 Å². The largest absolute Gasteiger partial charge is 0.458 e. The van der Waals surface area contributed by atoms with E-state index in [1.165, 1.54) is 0 Å². The molecular weight excluding hydrogens is 642 g/mol. The Kier molecular flexibility index (Phi) is 12.1. The molecule has 4 fully saturated rings. The predicted molar refractivity (Wildman–Crippen MR) is 173 cm³/mol. The topological polar surface area (TPSA) is 188 Å². The molecule has 0 spiro atoms. The van der Waals surface area contributed by atoms with Gasteiger partial charge in [0.05, 0.1) is 30.7 Å². The van der Waals surface area contributed by atoms with Gasteiger partial charge < -0.3 is 49.1 Å². The highest BCUT2D eigenvalue weighted by Crippen LogP contribution is 2.41. The molecule has 2 amide bonds. The smallest absolute Gasteiger partial charge is 0.408 e. The molecule has 4 saturated heterocycles. The van der Waals surface area contributed by atoms with Crippen molar-refractivity contribution >= 4 is 29.7 Å². The van der Waals surface area contributed by atoms with Crippen molar-refractivity contribution in [3.63, 3.8) is 0 Å². The molecular formula is C34H55N3O12. The molecule has 4 rings (SSSR count). The fraction of sp³-hybridized carbons (Fsp3) is 0.853. The first-order valence-corrected chi connectivity index (χ1v) is 17.3. The summed E-state index contributed by atoms with van der Waals surface area (Å²) in [4.78, 5) is 68.9. The second-order valence-electron chi connectivity index (χ2n) is 15.0. The minimum atomic E-state index is -1.61. The average Bonchev–Trinajstić information content (AvgIpc) is 3.34. The maximum atomic E-state index is 14.2. The summed E-state index contributed by atoms with van der Waals surface area (Å²) < 4.78 is 36.9. The number of amides is 2. The highest BCUT2D eigenvalue weighted by molar-refractivity contribution is 5.86. The van der Waals surface area contributed by atoms with Crippen LogP contribution in [0.1, 0.15) is 74.7 Å². The first-order valence-electron chi connectivity index (χ1n) is 17.3. The number of nitrogens with one attached hydrogen (secondary N) is 2. The summed E-state index contributed by atoms with van der Waals surface area (Å²) in [6.45, 7) is 12.8. The van der Waals surface area contributed by atoms with Crippen LogP contribution in [0.4, 0.5) is 9.59 Å². The van der Waals surface area contributed by atoms with Crippen LogP contribution < -0.4 is 10.6 Å². The number of nitrogens with zero attached hydrogens (tertiary/aromatic N) is 1. The maximum Gasteiger partial charge on any atom is 0.408 e. The fourth-order valence-corrected chi connectivity index (χ4v) is 8.18. The van der Waals surface area contributed by atoms with E-state index in [0.29, 0.717) is 6.42 Å². The number of ether oxygens (including phenoxy) is 6. The zero-order valence-corrected chi connectivity index (χ0v) is 30.3. The van der Waals surface area contributed by atoms with Crippen LogP contribution in [-0.4, -0.2) is 127 Å². The number of Topliss-reactive ketones (excluding diaryl/α,β-unsaturated/α-hetero) is 2. The molecule has 0 aromatic carbocycles. The number of carbonyl (C=O) groups is 5. The molecule has 0 radical (unpaired) electrons. The lowest BCUT2D eigenvalue weighted by molar-refractivity contribution is -0.299. The van der Waals surface area contributed by atoms with Gasteiger partial charge in [0.15, 0.2) is 17.7 Å². The molecule has 0 aliphatic carbocycles. The van der Waals surface area contributed by atoms with Crippen LogP contribution in [0.2, 0.25) is 0 Å². The highest BCUT2D eigenvalue weighted by atomic mass is 16.7. The van der Waals surface area contributed by atoms with Crippen LogP contribution in [0.25, 0.3) is 0 Å². The van der Waals surface area contributed by atoms with Crippen molar-refractivity contribution in [2.75, 3.05) is 27.2 Å². The summed E-state index contributed by atoms with van der Waals surface area (Å²) in [6.07, 6.45) is -6.66. The molecule has 4 aliphatic rings. The lowest BCUT2D eigenvalue weighted by Crippen LogP contribution is -2.61. The lowest BCUT2D eigenvalue weighted by atomic mass is 9.73. The van der Waals surface area contributed by atoms with E-state index in [9.17, 15) is 29.1 Å². The van der Waals surface area contributed by atoms with E-state index in [0.717, 1.165) is 0 Å². The summed E-state index contributed by atoms with van der Waals surface area (Å²) in [5.74, 6) is -4.82. The van der Waals surface area contributed by atoms with Crippen LogP contribution in [0.15, 0.2) is 0 Å². The molecule has 278 valence electrons. The molecule has 4 heterocycles. The van der Waals surface area contributed by atoms with Gasteiger partial charge in [0.2, 0.25) is 0 Å². The van der Waals surface area contributed by atoms with E-state index in [4.69, 9.17) is 28.4 Å². The summed E-state index contributed by atoms with van der Waals surface area (Å²) in [6, 6.07) is -1.18. The van der Waals surface area contributed by atoms with Crippen molar-refractivity contribution in [1.29, 1.82) is 0 Å². The number of rotatable bonds is 4. The van der Waals surface area contributed by atoms with E-state index < -0.39 is 109 Å². The fourth-order valence-electron chi connectivity index (χ4n) is 8.18. The summed E-state index contributed by atoms with van der Waals surface area (Å²) in [7, 11) is 3.68. The third-order valence-electron chi connectivity index (χ3n) is 10.8. The minimum absolute atomic E-state index is 0.0665. The van der Waals surface area contributed by atoms with Gasteiger partial charge in [-0.05, 0) is 61.1 Å². The van der Waals surface area contributed by atoms with Gasteiger partial charge in [0, 0.05) is 23.8 Å². The first-order chi connectivity index (χ1) is 22.8. The van der Waals surface area contributed by atoms with Crippen molar-refractivity contribution in [1.82, 2.24) is 15.5 Å². The number of fused-ring (bicyclic) bond motifs is 4. The molecule has 14 atom stereocenters. The van der Waals surface area contributed by atoms with Gasteiger partial charge in [0.1, 0.15) is 36.3 Å². The number of esters is 1. The molecule has 15 nitrogen and oxygen atoms in total. The van der Waals surface area contributed by atoms with Crippen molar-refractivity contribution in [3.8, 4) is 0 Å². The number of aliphatic hydroxyl groups excluding tert-OH is 1. The summed E-state index contributed by atoms with van der Waals surface area (Å²) in [5.41, 5.74) is -3.00. The first kappa shape index (κ1) is 38.9. The maximum absolute atomic E-state index is 14.2. The van der Waals surface area contributed by atoms with E-state index in [-0.39, 0.29) is 30.8 Å². The van der Waals surface area contributed by atoms with Gasteiger partial charge in [-0.1, -0.05) is 27.7 Å². The number of aliphatic hydroxyl groups is 1. The van der Waals surface area contributed by atoms with Gasteiger partial charge in [-0.25, -0.2) is 9.59 Å². The molecule has 3 N–H and O–H groups in total. The zero-order valence-electron chi connectivity index (χ0n) is 30.3. The van der Waals surface area contributed by atoms with Crippen LogP contribution >= 0.6 is 0 Å². The van der Waals surface area contributed by atoms with E-state index >= 15 is 0 Å². The number of hydrogen-bond donors (Lipinski definition) is 3. The Bertz CT molecular complexity index is 1260. The van der Waals surface area contributed by atoms with Gasteiger partial charge in [-0.15, -0.1) is 0 Å². The van der Waals surface area contributed by atoms with Crippen LogP contribution in [0.3, 0.4) is 0 Å². The number of hydrogen-bond acceptors (Lipinski definition) is 13. The zero-order chi connectivity index (χ0) is 36.6. The van der Waals surface area contributed by atoms with Gasteiger partial charge in [0.25, 0.3) is 0 Å².